The molecule has 5 N–H and O–H groups in total. The van der Waals surface area contributed by atoms with Gasteiger partial charge in [-0.1, -0.05) is 23.7 Å². The number of carbonyl (C=O) groups excluding carboxylic acids is 4. The van der Waals surface area contributed by atoms with Crippen molar-refractivity contribution in [3.05, 3.63) is 58.5 Å². The number of amides is 5. The molecule has 0 unspecified atom stereocenters. The second-order valence-corrected chi connectivity index (χ2v) is 8.96. The summed E-state index contributed by atoms with van der Waals surface area (Å²) in [5, 5.41) is 12.2. The Morgan fingerprint density at radius 2 is 1.97 bits per heavy atom. The van der Waals surface area contributed by atoms with E-state index in [1.165, 1.54) is 28.8 Å². The summed E-state index contributed by atoms with van der Waals surface area (Å²) in [6.07, 6.45) is 1.51. The molecule has 0 saturated heterocycles. The standard InChI is InChI=1S/C24H25ClFN7O4/c1-28-24(37)30-14-5-8-18-16(9-14)22(23(27)36)31-33(18)12-20(35)32(15-6-7-15)11-19(34)29-10-13-3-2-4-17(25)21(13)26/h2-5,8-9,15H,6-7,10-12H2,1H3,(H2,27,36)(H,29,34)(H2,28,30,37). The van der Waals surface area contributed by atoms with Gasteiger partial charge in [-0.2, -0.15) is 5.10 Å². The van der Waals surface area contributed by atoms with Crippen molar-refractivity contribution in [1.82, 2.24) is 25.3 Å². The zero-order valence-corrected chi connectivity index (χ0v) is 20.6. The number of primary amides is 1. The van der Waals surface area contributed by atoms with E-state index in [2.05, 4.69) is 21.0 Å². The molecule has 0 aliphatic heterocycles. The maximum Gasteiger partial charge on any atom is 0.318 e. The number of carbonyl (C=O) groups is 4. The second kappa shape index (κ2) is 10.8. The number of hydrogen-bond acceptors (Lipinski definition) is 5. The number of fused-ring (bicyclic) bond motifs is 1. The van der Waals surface area contributed by atoms with E-state index in [0.29, 0.717) is 16.6 Å². The van der Waals surface area contributed by atoms with Gasteiger partial charge in [-0.05, 0) is 37.1 Å². The number of nitrogens with zero attached hydrogens (tertiary/aromatic N) is 3. The Bertz CT molecular complexity index is 1390. The highest BCUT2D eigenvalue weighted by Crippen LogP contribution is 2.28. The van der Waals surface area contributed by atoms with E-state index in [0.717, 1.165) is 12.8 Å². The van der Waals surface area contributed by atoms with Gasteiger partial charge in [0.2, 0.25) is 11.8 Å². The van der Waals surface area contributed by atoms with Crippen molar-refractivity contribution >= 4 is 51.9 Å². The molecule has 3 aromatic rings. The second-order valence-electron chi connectivity index (χ2n) is 8.55. The topological polar surface area (TPSA) is 151 Å². The molecule has 4 rings (SSSR count). The quantitative estimate of drug-likeness (QED) is 0.334. The molecule has 0 spiro atoms. The summed E-state index contributed by atoms with van der Waals surface area (Å²) in [6, 6.07) is 8.73. The third kappa shape index (κ3) is 5.97. The normalized spacial score (nSPS) is 12.7. The smallest absolute Gasteiger partial charge is 0.318 e. The molecule has 0 radical (unpaired) electrons. The number of hydrogen-bond donors (Lipinski definition) is 4. The molecule has 194 valence electrons. The average molecular weight is 530 g/mol. The average Bonchev–Trinajstić information content (AvgIpc) is 3.65. The molecule has 1 fully saturated rings. The van der Waals surface area contributed by atoms with Crippen LogP contribution in [0.15, 0.2) is 36.4 Å². The SMILES string of the molecule is CNC(=O)Nc1ccc2c(c1)c(C(N)=O)nn2CC(=O)N(CC(=O)NCc1cccc(Cl)c1F)C1CC1. The molecule has 1 saturated carbocycles. The number of nitrogens with one attached hydrogen (secondary N) is 3. The third-order valence-electron chi connectivity index (χ3n) is 5.88. The first-order valence-corrected chi connectivity index (χ1v) is 11.8. The van der Waals surface area contributed by atoms with Crippen LogP contribution in [0, 0.1) is 5.82 Å². The molecule has 1 heterocycles. The molecule has 37 heavy (non-hydrogen) atoms. The molecular formula is C24H25ClFN7O4. The summed E-state index contributed by atoms with van der Waals surface area (Å²) in [5.41, 5.74) is 6.54. The fraction of sp³-hybridized carbons (Fsp3) is 0.292. The summed E-state index contributed by atoms with van der Waals surface area (Å²) in [7, 11) is 1.47. The van der Waals surface area contributed by atoms with Gasteiger partial charge in [-0.3, -0.25) is 19.1 Å². The van der Waals surface area contributed by atoms with Crippen LogP contribution in [0.4, 0.5) is 14.9 Å². The number of halogens is 2. The molecular weight excluding hydrogens is 505 g/mol. The van der Waals surface area contributed by atoms with Crippen LogP contribution >= 0.6 is 11.6 Å². The van der Waals surface area contributed by atoms with Crippen LogP contribution < -0.4 is 21.7 Å². The van der Waals surface area contributed by atoms with E-state index in [4.69, 9.17) is 17.3 Å². The van der Waals surface area contributed by atoms with Crippen molar-refractivity contribution in [2.45, 2.75) is 32.0 Å². The molecule has 0 bridgehead atoms. The van der Waals surface area contributed by atoms with Gasteiger partial charge >= 0.3 is 6.03 Å². The van der Waals surface area contributed by atoms with E-state index in [1.807, 2.05) is 0 Å². The lowest BCUT2D eigenvalue weighted by Crippen LogP contribution is -2.43. The van der Waals surface area contributed by atoms with Gasteiger partial charge in [0.1, 0.15) is 12.4 Å². The molecule has 11 nitrogen and oxygen atoms in total. The number of benzene rings is 2. The van der Waals surface area contributed by atoms with Gasteiger partial charge in [-0.25, -0.2) is 9.18 Å². The van der Waals surface area contributed by atoms with Crippen molar-refractivity contribution < 1.29 is 23.6 Å². The number of nitrogens with two attached hydrogens (primary N) is 1. The first-order chi connectivity index (χ1) is 17.7. The van der Waals surface area contributed by atoms with Crippen molar-refractivity contribution in [3.63, 3.8) is 0 Å². The summed E-state index contributed by atoms with van der Waals surface area (Å²) in [6.45, 7) is -0.525. The maximum absolute atomic E-state index is 14.1. The van der Waals surface area contributed by atoms with Crippen LogP contribution in [0.3, 0.4) is 0 Å². The van der Waals surface area contributed by atoms with Gasteiger partial charge in [0, 0.05) is 36.3 Å². The van der Waals surface area contributed by atoms with E-state index in [9.17, 15) is 23.6 Å². The van der Waals surface area contributed by atoms with Gasteiger partial charge in [-0.15, -0.1) is 0 Å². The Labute approximate surface area is 216 Å². The predicted octanol–water partition coefficient (Wildman–Crippen LogP) is 1.99. The van der Waals surface area contributed by atoms with E-state index >= 15 is 0 Å². The van der Waals surface area contributed by atoms with Crippen LogP contribution in [-0.2, 0) is 22.7 Å². The monoisotopic (exact) mass is 529 g/mol. The number of anilines is 1. The molecule has 1 aliphatic carbocycles. The van der Waals surface area contributed by atoms with Crippen molar-refractivity contribution in [1.29, 1.82) is 0 Å². The van der Waals surface area contributed by atoms with Crippen molar-refractivity contribution in [3.8, 4) is 0 Å². The summed E-state index contributed by atoms with van der Waals surface area (Å²) >= 11 is 5.78. The maximum atomic E-state index is 14.1. The molecule has 5 amide bonds. The lowest BCUT2D eigenvalue weighted by Gasteiger charge is -2.22. The Morgan fingerprint density at radius 3 is 2.65 bits per heavy atom. The zero-order valence-electron chi connectivity index (χ0n) is 19.9. The Kier molecular flexibility index (Phi) is 7.58. The van der Waals surface area contributed by atoms with Crippen LogP contribution in [0.5, 0.6) is 0 Å². The van der Waals surface area contributed by atoms with E-state index in [-0.39, 0.29) is 47.9 Å². The summed E-state index contributed by atoms with van der Waals surface area (Å²) in [5.74, 6) is -2.23. The van der Waals surface area contributed by atoms with Gasteiger partial charge < -0.3 is 26.6 Å². The van der Waals surface area contributed by atoms with Crippen LogP contribution in [-0.4, -0.2) is 58.1 Å². The number of urea groups is 1. The van der Waals surface area contributed by atoms with Crippen LogP contribution in [0.2, 0.25) is 5.02 Å². The number of rotatable bonds is 9. The summed E-state index contributed by atoms with van der Waals surface area (Å²) in [4.78, 5) is 50.9. The Hall–Kier alpha value is -4.19. The van der Waals surface area contributed by atoms with Gasteiger partial charge in [0.05, 0.1) is 17.1 Å². The first kappa shape index (κ1) is 25.9. The first-order valence-electron chi connectivity index (χ1n) is 11.5. The van der Waals surface area contributed by atoms with Crippen LogP contribution in [0.1, 0.15) is 28.9 Å². The van der Waals surface area contributed by atoms with Gasteiger partial charge in [0.15, 0.2) is 5.69 Å². The lowest BCUT2D eigenvalue weighted by atomic mass is 10.2. The highest BCUT2D eigenvalue weighted by Gasteiger charge is 2.34. The summed E-state index contributed by atoms with van der Waals surface area (Å²) < 4.78 is 15.4. The third-order valence-corrected chi connectivity index (χ3v) is 6.18. The number of aromatic nitrogens is 2. The minimum Gasteiger partial charge on any atom is -0.364 e. The molecule has 1 aliphatic rings. The van der Waals surface area contributed by atoms with E-state index in [1.54, 1.807) is 24.3 Å². The van der Waals surface area contributed by atoms with Crippen LogP contribution in [0.25, 0.3) is 10.9 Å². The highest BCUT2D eigenvalue weighted by molar-refractivity contribution is 6.30. The molecule has 0 atom stereocenters. The largest absolute Gasteiger partial charge is 0.364 e. The predicted molar refractivity (Wildman–Crippen MR) is 134 cm³/mol. The van der Waals surface area contributed by atoms with E-state index < -0.39 is 23.7 Å². The molecule has 1 aromatic heterocycles. The Morgan fingerprint density at radius 1 is 1.22 bits per heavy atom. The van der Waals surface area contributed by atoms with Crippen molar-refractivity contribution in [2.75, 3.05) is 18.9 Å². The van der Waals surface area contributed by atoms with Crippen molar-refractivity contribution in [2.24, 2.45) is 5.73 Å². The molecule has 2 aromatic carbocycles. The fourth-order valence-electron chi connectivity index (χ4n) is 3.87. The molecule has 13 heteroatoms. The Balaban J connectivity index is 1.48. The zero-order chi connectivity index (χ0) is 26.7. The lowest BCUT2D eigenvalue weighted by molar-refractivity contribution is -0.137. The fourth-order valence-corrected chi connectivity index (χ4v) is 4.06. The minimum absolute atomic E-state index is 0.0418. The van der Waals surface area contributed by atoms with Gasteiger partial charge in [0.25, 0.3) is 5.91 Å². The minimum atomic E-state index is -0.792. The highest BCUT2D eigenvalue weighted by atomic mass is 35.5.